The van der Waals surface area contributed by atoms with Gasteiger partial charge in [-0.25, -0.2) is 0 Å². The van der Waals surface area contributed by atoms with Gasteiger partial charge in [-0.05, 0) is 48.7 Å². The zero-order valence-corrected chi connectivity index (χ0v) is 26.9. The topological polar surface area (TPSA) is 174 Å². The monoisotopic (exact) mass is 652 g/mol. The van der Waals surface area contributed by atoms with Crippen LogP contribution in [0.1, 0.15) is 90.3 Å². The summed E-state index contributed by atoms with van der Waals surface area (Å²) >= 11 is 0. The standard InChI is InChI=1S/C25H22N2O4.C14H10N2O2/c1-3-4-22-23(10-9-21(16(2)28)25(22)30)31-15-17-5-7-19(8-6-17)24(29)20-11-18(12-26)13-27-14-20;15-6-11-5-13(8-16-7-11)14(18)12-3-1-10(9-17)2-4-12/h5-11,13-14,30H,3-4,15H2,1-2H3;1-5,7-8,17H,9H2. The molecule has 0 spiro atoms. The number of phenols is 1. The van der Waals surface area contributed by atoms with Gasteiger partial charge >= 0.3 is 0 Å². The number of aromatic hydroxyl groups is 1. The summed E-state index contributed by atoms with van der Waals surface area (Å²) in [6.07, 6.45) is 7.07. The van der Waals surface area contributed by atoms with Crippen LogP contribution in [0.15, 0.2) is 97.6 Å². The lowest BCUT2D eigenvalue weighted by atomic mass is 10.0. The van der Waals surface area contributed by atoms with Crippen LogP contribution in [0.5, 0.6) is 11.5 Å². The minimum absolute atomic E-state index is 0.0268. The minimum atomic E-state index is -0.216. The van der Waals surface area contributed by atoms with Gasteiger partial charge < -0.3 is 14.9 Å². The summed E-state index contributed by atoms with van der Waals surface area (Å²) < 4.78 is 5.90. The van der Waals surface area contributed by atoms with Crippen molar-refractivity contribution >= 4 is 17.3 Å². The van der Waals surface area contributed by atoms with E-state index >= 15 is 0 Å². The minimum Gasteiger partial charge on any atom is -0.507 e. The molecular formula is C39H32N4O6. The molecule has 0 radical (unpaired) electrons. The molecule has 0 saturated heterocycles. The fourth-order valence-electron chi connectivity index (χ4n) is 4.79. The van der Waals surface area contributed by atoms with Gasteiger partial charge in [-0.2, -0.15) is 10.5 Å². The smallest absolute Gasteiger partial charge is 0.194 e. The van der Waals surface area contributed by atoms with Crippen LogP contribution in [0.3, 0.4) is 0 Å². The molecule has 0 fully saturated rings. The number of pyridine rings is 2. The molecule has 10 nitrogen and oxygen atoms in total. The number of hydrogen-bond acceptors (Lipinski definition) is 10. The van der Waals surface area contributed by atoms with Crippen LogP contribution in [-0.4, -0.2) is 37.5 Å². The van der Waals surface area contributed by atoms with E-state index in [1.54, 1.807) is 60.7 Å². The van der Waals surface area contributed by atoms with Crippen LogP contribution in [-0.2, 0) is 19.6 Å². The molecule has 10 heteroatoms. The quantitative estimate of drug-likeness (QED) is 0.154. The van der Waals surface area contributed by atoms with Crippen molar-refractivity contribution in [3.05, 3.63) is 153 Å². The van der Waals surface area contributed by atoms with E-state index in [1.807, 2.05) is 19.1 Å². The summed E-state index contributed by atoms with van der Waals surface area (Å²) in [5, 5.41) is 37.1. The third-order valence-electron chi connectivity index (χ3n) is 7.39. The first kappa shape index (κ1) is 35.4. The molecule has 5 rings (SSSR count). The fraction of sp³-hybridized carbons (Fsp3) is 0.154. The van der Waals surface area contributed by atoms with Gasteiger partial charge in [-0.1, -0.05) is 61.9 Å². The van der Waals surface area contributed by atoms with Gasteiger partial charge in [0.1, 0.15) is 30.2 Å². The molecule has 0 amide bonds. The zero-order chi connectivity index (χ0) is 35.3. The van der Waals surface area contributed by atoms with Gasteiger partial charge in [0.2, 0.25) is 0 Å². The molecule has 2 aromatic heterocycles. The number of Topliss-reactive ketones (excluding diaryl/α,β-unsaturated/α-hetero) is 1. The molecular weight excluding hydrogens is 620 g/mol. The second-order valence-electron chi connectivity index (χ2n) is 10.9. The number of aromatic nitrogens is 2. The lowest BCUT2D eigenvalue weighted by Gasteiger charge is -2.15. The van der Waals surface area contributed by atoms with Crippen molar-refractivity contribution in [1.82, 2.24) is 9.97 Å². The summed E-state index contributed by atoms with van der Waals surface area (Å²) in [5.41, 5.74) is 4.90. The van der Waals surface area contributed by atoms with Crippen molar-refractivity contribution in [2.45, 2.75) is 39.9 Å². The van der Waals surface area contributed by atoms with Crippen LogP contribution in [0.4, 0.5) is 0 Å². The fourth-order valence-corrected chi connectivity index (χ4v) is 4.79. The average Bonchev–Trinajstić information content (AvgIpc) is 3.15. The third-order valence-corrected chi connectivity index (χ3v) is 7.39. The summed E-state index contributed by atoms with van der Waals surface area (Å²) in [5.74, 6) is -0.0989. The summed E-state index contributed by atoms with van der Waals surface area (Å²) in [6, 6.07) is 23.9. The molecule has 0 saturated carbocycles. The van der Waals surface area contributed by atoms with E-state index in [0.29, 0.717) is 51.1 Å². The number of nitriles is 2. The Balaban J connectivity index is 0.000000254. The second kappa shape index (κ2) is 16.9. The SMILES string of the molecule is CCCc1c(OCc2ccc(C(=O)c3cncc(C#N)c3)cc2)ccc(C(C)=O)c1O.N#Cc1cncc(C(=O)c2ccc(CO)cc2)c1. The molecule has 0 aliphatic rings. The first-order chi connectivity index (χ1) is 23.7. The number of benzene rings is 3. The number of ether oxygens (including phenoxy) is 1. The lowest BCUT2D eigenvalue weighted by molar-refractivity contribution is 0.101. The van der Waals surface area contributed by atoms with E-state index in [9.17, 15) is 19.5 Å². The molecule has 3 aromatic carbocycles. The van der Waals surface area contributed by atoms with Crippen molar-refractivity contribution in [3.63, 3.8) is 0 Å². The predicted octanol–water partition coefficient (Wildman–Crippen LogP) is 6.30. The lowest BCUT2D eigenvalue weighted by Crippen LogP contribution is -2.04. The van der Waals surface area contributed by atoms with E-state index in [2.05, 4.69) is 9.97 Å². The van der Waals surface area contributed by atoms with Crippen molar-refractivity contribution in [2.24, 2.45) is 0 Å². The highest BCUT2D eigenvalue weighted by Gasteiger charge is 2.16. The number of aliphatic hydroxyl groups excluding tert-OH is 1. The Labute approximate surface area is 283 Å². The van der Waals surface area contributed by atoms with Crippen molar-refractivity contribution in [3.8, 4) is 23.6 Å². The number of hydrogen-bond donors (Lipinski definition) is 2. The van der Waals surface area contributed by atoms with E-state index < -0.39 is 0 Å². The number of aliphatic hydroxyl groups is 1. The van der Waals surface area contributed by atoms with Gasteiger partial charge in [-0.3, -0.25) is 24.4 Å². The molecule has 244 valence electrons. The van der Waals surface area contributed by atoms with Gasteiger partial charge in [0.25, 0.3) is 0 Å². The van der Waals surface area contributed by atoms with Crippen LogP contribution < -0.4 is 4.74 Å². The molecule has 5 aromatic rings. The molecule has 49 heavy (non-hydrogen) atoms. The van der Waals surface area contributed by atoms with Gasteiger partial charge in [-0.15, -0.1) is 0 Å². The summed E-state index contributed by atoms with van der Waals surface area (Å²) in [7, 11) is 0. The van der Waals surface area contributed by atoms with Crippen LogP contribution in [0.2, 0.25) is 0 Å². The van der Waals surface area contributed by atoms with E-state index in [4.69, 9.17) is 20.4 Å². The molecule has 0 aliphatic carbocycles. The largest absolute Gasteiger partial charge is 0.507 e. The maximum Gasteiger partial charge on any atom is 0.194 e. The highest BCUT2D eigenvalue weighted by Crippen LogP contribution is 2.33. The number of nitrogens with zero attached hydrogens (tertiary/aromatic N) is 4. The Bertz CT molecular complexity index is 2060. The maximum atomic E-state index is 12.6. The number of carbonyl (C=O) groups excluding carboxylic acids is 3. The van der Waals surface area contributed by atoms with E-state index in [0.717, 1.165) is 17.5 Å². The van der Waals surface area contributed by atoms with Gasteiger partial charge in [0, 0.05) is 52.6 Å². The second-order valence-corrected chi connectivity index (χ2v) is 10.9. The first-order valence-electron chi connectivity index (χ1n) is 15.3. The number of carbonyl (C=O) groups is 3. The van der Waals surface area contributed by atoms with Gasteiger partial charge in [0.15, 0.2) is 17.3 Å². The highest BCUT2D eigenvalue weighted by atomic mass is 16.5. The first-order valence-corrected chi connectivity index (χ1v) is 15.3. The Morgan fingerprint density at radius 1 is 0.735 bits per heavy atom. The third kappa shape index (κ3) is 9.07. The Hall–Kier alpha value is -6.49. The molecule has 0 atom stereocenters. The van der Waals surface area contributed by atoms with Crippen LogP contribution in [0, 0.1) is 22.7 Å². The average molecular weight is 653 g/mol. The highest BCUT2D eigenvalue weighted by molar-refractivity contribution is 6.09. The van der Waals surface area contributed by atoms with Crippen molar-refractivity contribution in [2.75, 3.05) is 0 Å². The van der Waals surface area contributed by atoms with E-state index in [1.165, 1.54) is 43.8 Å². The van der Waals surface area contributed by atoms with Crippen LogP contribution in [0.25, 0.3) is 0 Å². The number of phenolic OH excluding ortho intramolecular Hbond substituents is 1. The Morgan fingerprint density at radius 2 is 1.24 bits per heavy atom. The Kier molecular flexibility index (Phi) is 12.2. The van der Waals surface area contributed by atoms with E-state index in [-0.39, 0.29) is 41.9 Å². The molecule has 2 heterocycles. The van der Waals surface area contributed by atoms with Crippen LogP contribution >= 0.6 is 0 Å². The normalized spacial score (nSPS) is 10.1. The molecule has 2 N–H and O–H groups in total. The van der Waals surface area contributed by atoms with Crippen molar-refractivity contribution in [1.29, 1.82) is 10.5 Å². The van der Waals surface area contributed by atoms with Gasteiger partial charge in [0.05, 0.1) is 23.3 Å². The molecule has 0 aliphatic heterocycles. The Morgan fingerprint density at radius 3 is 1.69 bits per heavy atom. The summed E-state index contributed by atoms with van der Waals surface area (Å²) in [4.78, 5) is 44.2. The number of rotatable bonds is 11. The maximum absolute atomic E-state index is 12.6. The predicted molar refractivity (Wildman–Crippen MR) is 180 cm³/mol. The summed E-state index contributed by atoms with van der Waals surface area (Å²) in [6.45, 7) is 3.59. The molecule has 0 unspecified atom stereocenters. The van der Waals surface area contributed by atoms with Crippen molar-refractivity contribution < 1.29 is 29.3 Å². The zero-order valence-electron chi connectivity index (χ0n) is 26.9. The number of ketones is 3. The molecule has 0 bridgehead atoms.